The number of aromatic nitrogens is 1. The summed E-state index contributed by atoms with van der Waals surface area (Å²) in [6.07, 6.45) is 4.33. The van der Waals surface area contributed by atoms with Crippen molar-refractivity contribution in [3.63, 3.8) is 0 Å². The topological polar surface area (TPSA) is 62.6 Å². The maximum Gasteiger partial charge on any atom is 0.308 e. The monoisotopic (exact) mass is 495 g/mol. The summed E-state index contributed by atoms with van der Waals surface area (Å²) < 4.78 is 2.31. The van der Waals surface area contributed by atoms with Crippen LogP contribution in [0.1, 0.15) is 24.8 Å². The highest BCUT2D eigenvalue weighted by Crippen LogP contribution is 2.26. The van der Waals surface area contributed by atoms with Gasteiger partial charge in [0.05, 0.1) is 10.2 Å². The second-order valence-electron chi connectivity index (χ2n) is 8.85. The third-order valence-electron chi connectivity index (χ3n) is 6.79. The number of hydrogen-bond acceptors (Lipinski definition) is 4. The number of carbonyl (C=O) groups excluding carboxylic acids is 2. The molecule has 3 heterocycles. The minimum Gasteiger partial charge on any atom is -0.341 e. The Kier molecular flexibility index (Phi) is 6.57. The van der Waals surface area contributed by atoms with Crippen LogP contribution >= 0.6 is 22.9 Å². The third kappa shape index (κ3) is 4.68. The number of piperidine rings is 1. The average molecular weight is 496 g/mol. The smallest absolute Gasteiger partial charge is 0.308 e. The van der Waals surface area contributed by atoms with E-state index < -0.39 is 0 Å². The second-order valence-corrected chi connectivity index (χ2v) is 10.3. The summed E-state index contributed by atoms with van der Waals surface area (Å²) in [7, 11) is 0. The Hall–Kier alpha value is -2.90. The van der Waals surface area contributed by atoms with Crippen LogP contribution in [0.4, 0.5) is 0 Å². The number of nitrogens with zero attached hydrogens (tertiary/aromatic N) is 3. The number of amides is 2. The summed E-state index contributed by atoms with van der Waals surface area (Å²) in [5, 5.41) is 0.536. The molecule has 0 radical (unpaired) electrons. The van der Waals surface area contributed by atoms with E-state index in [2.05, 4.69) is 18.2 Å². The highest BCUT2D eigenvalue weighted by Gasteiger charge is 2.31. The van der Waals surface area contributed by atoms with Gasteiger partial charge in [-0.15, -0.1) is 0 Å². The zero-order valence-corrected chi connectivity index (χ0v) is 20.4. The van der Waals surface area contributed by atoms with Crippen LogP contribution in [0.15, 0.2) is 59.4 Å². The van der Waals surface area contributed by atoms with E-state index in [9.17, 15) is 14.4 Å². The predicted octanol–water partition coefficient (Wildman–Crippen LogP) is 4.27. The van der Waals surface area contributed by atoms with E-state index in [0.717, 1.165) is 29.0 Å². The van der Waals surface area contributed by atoms with Crippen LogP contribution in [0.2, 0.25) is 5.02 Å². The normalized spacial score (nSPS) is 17.1. The first-order chi connectivity index (χ1) is 16.5. The Balaban J connectivity index is 1.17. The lowest BCUT2D eigenvalue weighted by molar-refractivity contribution is -0.140. The van der Waals surface area contributed by atoms with Gasteiger partial charge in [-0.25, -0.2) is 0 Å². The van der Waals surface area contributed by atoms with Crippen molar-refractivity contribution in [2.75, 3.05) is 26.2 Å². The molecule has 2 amide bonds. The van der Waals surface area contributed by atoms with Gasteiger partial charge < -0.3 is 9.80 Å². The first-order valence-corrected chi connectivity index (χ1v) is 12.8. The number of carbonyl (C=O) groups is 2. The van der Waals surface area contributed by atoms with Crippen LogP contribution < -0.4 is 4.87 Å². The van der Waals surface area contributed by atoms with Crippen molar-refractivity contribution in [2.24, 2.45) is 5.92 Å². The van der Waals surface area contributed by atoms with Gasteiger partial charge in [0.15, 0.2) is 0 Å². The summed E-state index contributed by atoms with van der Waals surface area (Å²) >= 11 is 7.21. The van der Waals surface area contributed by atoms with E-state index >= 15 is 0 Å². The van der Waals surface area contributed by atoms with Gasteiger partial charge in [-0.3, -0.25) is 19.0 Å². The number of halogens is 1. The third-order valence-corrected chi connectivity index (χ3v) is 7.98. The van der Waals surface area contributed by atoms with Crippen molar-refractivity contribution < 1.29 is 9.59 Å². The summed E-state index contributed by atoms with van der Waals surface area (Å²) in [5.41, 5.74) is 3.21. The fraction of sp³-hybridized carbons (Fsp3) is 0.346. The van der Waals surface area contributed by atoms with E-state index in [1.165, 1.54) is 15.7 Å². The predicted molar refractivity (Wildman–Crippen MR) is 136 cm³/mol. The molecule has 8 heteroatoms. The Bertz CT molecular complexity index is 1310. The number of rotatable bonds is 4. The van der Waals surface area contributed by atoms with Crippen molar-refractivity contribution in [3.05, 3.63) is 74.9 Å². The van der Waals surface area contributed by atoms with Crippen molar-refractivity contribution in [3.8, 4) is 0 Å². The van der Waals surface area contributed by atoms with Crippen LogP contribution in [0.3, 0.4) is 0 Å². The largest absolute Gasteiger partial charge is 0.341 e. The SMILES string of the molecule is O=C(Cn1c(=O)sc2ccc(Cl)cc21)N1CCC(C(=O)N2CC=C(c3ccccc3)CC2)CC1. The summed E-state index contributed by atoms with van der Waals surface area (Å²) in [6.45, 7) is 2.43. The standard InChI is InChI=1S/C26H26ClN3O3S/c27-21-6-7-23-22(16-21)30(26(33)34-23)17-24(31)28-12-10-20(11-13-28)25(32)29-14-8-19(9-15-29)18-4-2-1-3-5-18/h1-8,16,20H,9-15,17H2. The molecule has 0 unspecified atom stereocenters. The zero-order chi connectivity index (χ0) is 23.7. The van der Waals surface area contributed by atoms with Gasteiger partial charge in [-0.05, 0) is 48.6 Å². The van der Waals surface area contributed by atoms with E-state index in [1.807, 2.05) is 23.1 Å². The van der Waals surface area contributed by atoms with E-state index in [0.29, 0.717) is 43.0 Å². The van der Waals surface area contributed by atoms with Gasteiger partial charge in [0, 0.05) is 37.1 Å². The molecular formula is C26H26ClN3O3S. The van der Waals surface area contributed by atoms with Gasteiger partial charge in [0.1, 0.15) is 6.54 Å². The Morgan fingerprint density at radius 3 is 2.47 bits per heavy atom. The number of thiazole rings is 1. The van der Waals surface area contributed by atoms with Crippen molar-refractivity contribution in [1.29, 1.82) is 0 Å². The lowest BCUT2D eigenvalue weighted by atomic mass is 9.93. The van der Waals surface area contributed by atoms with E-state index in [-0.39, 0.29) is 29.1 Å². The lowest BCUT2D eigenvalue weighted by Gasteiger charge is -2.35. The van der Waals surface area contributed by atoms with Crippen LogP contribution in [-0.4, -0.2) is 52.4 Å². The molecule has 0 bridgehead atoms. The first-order valence-electron chi connectivity index (χ1n) is 11.6. The fourth-order valence-electron chi connectivity index (χ4n) is 4.84. The zero-order valence-electron chi connectivity index (χ0n) is 18.8. The molecule has 1 saturated heterocycles. The maximum absolute atomic E-state index is 13.1. The van der Waals surface area contributed by atoms with Crippen LogP contribution in [0.25, 0.3) is 15.8 Å². The maximum atomic E-state index is 13.1. The van der Waals surface area contributed by atoms with Crippen LogP contribution in [0, 0.1) is 5.92 Å². The number of fused-ring (bicyclic) bond motifs is 1. The molecule has 6 nitrogen and oxygen atoms in total. The molecule has 1 aromatic heterocycles. The van der Waals surface area contributed by atoms with E-state index in [4.69, 9.17) is 11.6 Å². The minimum atomic E-state index is -0.163. The molecule has 0 atom stereocenters. The Morgan fingerprint density at radius 1 is 1.00 bits per heavy atom. The summed E-state index contributed by atoms with van der Waals surface area (Å²) in [6, 6.07) is 15.6. The molecule has 176 valence electrons. The van der Waals surface area contributed by atoms with Gasteiger partial charge in [0.25, 0.3) is 0 Å². The summed E-state index contributed by atoms with van der Waals surface area (Å²) in [4.78, 5) is 42.0. The highest BCUT2D eigenvalue weighted by atomic mass is 35.5. The fourth-order valence-corrected chi connectivity index (χ4v) is 5.88. The second kappa shape index (κ2) is 9.76. The quantitative estimate of drug-likeness (QED) is 0.543. The minimum absolute atomic E-state index is 0.00300. The Labute approximate surface area is 207 Å². The first kappa shape index (κ1) is 22.9. The average Bonchev–Trinajstić information content (AvgIpc) is 3.18. The molecule has 2 aliphatic rings. The summed E-state index contributed by atoms with van der Waals surface area (Å²) in [5.74, 6) is 0.0328. The molecule has 3 aromatic rings. The van der Waals surface area contributed by atoms with Gasteiger partial charge in [-0.1, -0.05) is 59.3 Å². The van der Waals surface area contributed by atoms with Gasteiger partial charge in [0.2, 0.25) is 11.8 Å². The lowest BCUT2D eigenvalue weighted by Crippen LogP contribution is -2.46. The molecular weight excluding hydrogens is 470 g/mol. The molecule has 34 heavy (non-hydrogen) atoms. The van der Waals surface area contributed by atoms with Crippen LogP contribution in [-0.2, 0) is 16.1 Å². The number of hydrogen-bond donors (Lipinski definition) is 0. The van der Waals surface area contributed by atoms with E-state index in [1.54, 1.807) is 23.1 Å². The highest BCUT2D eigenvalue weighted by molar-refractivity contribution is 7.16. The number of benzene rings is 2. The van der Waals surface area contributed by atoms with Crippen molar-refractivity contribution >= 4 is 50.5 Å². The molecule has 5 rings (SSSR count). The molecule has 0 N–H and O–H groups in total. The molecule has 0 aliphatic carbocycles. The van der Waals surface area contributed by atoms with Crippen LogP contribution in [0.5, 0.6) is 0 Å². The van der Waals surface area contributed by atoms with Crippen molar-refractivity contribution in [1.82, 2.24) is 14.4 Å². The molecule has 0 saturated carbocycles. The van der Waals surface area contributed by atoms with Crippen molar-refractivity contribution in [2.45, 2.75) is 25.8 Å². The molecule has 1 fully saturated rings. The van der Waals surface area contributed by atoms with Gasteiger partial charge in [-0.2, -0.15) is 0 Å². The van der Waals surface area contributed by atoms with Gasteiger partial charge >= 0.3 is 4.87 Å². The molecule has 2 aromatic carbocycles. The number of likely N-dealkylation sites (tertiary alicyclic amines) is 1. The Morgan fingerprint density at radius 2 is 1.76 bits per heavy atom. The molecule has 0 spiro atoms. The molecule has 2 aliphatic heterocycles.